The molecule has 0 spiro atoms. The second-order valence-electron chi connectivity index (χ2n) is 7.26. The molecule has 144 valence electrons. The zero-order valence-corrected chi connectivity index (χ0v) is 17.4. The molecule has 1 aromatic heterocycles. The van der Waals surface area contributed by atoms with Gasteiger partial charge in [0.25, 0.3) is 0 Å². The van der Waals surface area contributed by atoms with Crippen molar-refractivity contribution in [3.05, 3.63) is 35.4 Å². The summed E-state index contributed by atoms with van der Waals surface area (Å²) in [7, 11) is 2.22. The number of nitrogens with one attached hydrogen (secondary N) is 1. The number of thioether (sulfide) groups is 1. The van der Waals surface area contributed by atoms with Gasteiger partial charge in [-0.25, -0.2) is 14.9 Å². The minimum absolute atomic E-state index is 0.0443. The predicted octanol–water partition coefficient (Wildman–Crippen LogP) is 4.01. The number of likely N-dealkylation sites (N-methyl/N-ethyl adjacent to an activating group) is 1. The van der Waals surface area contributed by atoms with E-state index in [0.29, 0.717) is 19.1 Å². The van der Waals surface area contributed by atoms with E-state index in [2.05, 4.69) is 47.9 Å². The third-order valence-corrected chi connectivity index (χ3v) is 6.76. The number of urea groups is 1. The van der Waals surface area contributed by atoms with E-state index in [1.54, 1.807) is 11.8 Å². The maximum Gasteiger partial charge on any atom is 0.336 e. The number of carbonyl (C=O) groups excluding carboxylic acids is 1. The number of carbonyl (C=O) groups is 1. The van der Waals surface area contributed by atoms with Crippen molar-refractivity contribution in [3.8, 4) is 0 Å². The van der Waals surface area contributed by atoms with E-state index in [4.69, 9.17) is 0 Å². The van der Waals surface area contributed by atoms with Crippen molar-refractivity contribution in [1.29, 1.82) is 0 Å². The summed E-state index contributed by atoms with van der Waals surface area (Å²) in [5, 5.41) is 2.45. The van der Waals surface area contributed by atoms with Crippen molar-refractivity contribution in [2.24, 2.45) is 0 Å². The van der Waals surface area contributed by atoms with Gasteiger partial charge in [0.1, 0.15) is 0 Å². The highest BCUT2D eigenvalue weighted by Gasteiger charge is 2.34. The van der Waals surface area contributed by atoms with E-state index in [0.717, 1.165) is 29.9 Å². The van der Waals surface area contributed by atoms with Gasteiger partial charge in [-0.15, -0.1) is 11.8 Å². The van der Waals surface area contributed by atoms with Crippen molar-refractivity contribution < 1.29 is 4.79 Å². The molecule has 2 heterocycles. The number of rotatable bonds is 4. The Balaban J connectivity index is 1.87. The van der Waals surface area contributed by atoms with E-state index in [1.165, 1.54) is 22.1 Å². The minimum atomic E-state index is -0.0443. The first-order valence-electron chi connectivity index (χ1n) is 9.77. The van der Waals surface area contributed by atoms with Crippen molar-refractivity contribution in [2.75, 3.05) is 38.4 Å². The summed E-state index contributed by atoms with van der Waals surface area (Å²) in [4.78, 5) is 17.0. The Morgan fingerprint density at radius 3 is 2.81 bits per heavy atom. The smallest absolute Gasteiger partial charge is 0.324 e. The average molecular weight is 385 g/mol. The van der Waals surface area contributed by atoms with Crippen LogP contribution < -0.4 is 5.43 Å². The lowest BCUT2D eigenvalue weighted by Gasteiger charge is -2.37. The van der Waals surface area contributed by atoms with Crippen LogP contribution in [0.1, 0.15) is 31.4 Å². The number of aromatic nitrogens is 1. The van der Waals surface area contributed by atoms with E-state index < -0.39 is 0 Å². The second kappa shape index (κ2) is 7.24. The zero-order valence-electron chi connectivity index (χ0n) is 16.6. The molecule has 1 aliphatic carbocycles. The molecule has 5 nitrogen and oxygen atoms in total. The summed E-state index contributed by atoms with van der Waals surface area (Å²) in [6.45, 7) is 6.53. The summed E-state index contributed by atoms with van der Waals surface area (Å²) in [6, 6.07) is 6.86. The van der Waals surface area contributed by atoms with Crippen molar-refractivity contribution >= 4 is 34.3 Å². The lowest BCUT2D eigenvalue weighted by Crippen LogP contribution is -2.39. The molecule has 1 aromatic carbocycles. The lowest BCUT2D eigenvalue weighted by molar-refractivity contribution is 0.214. The molecule has 6 heteroatoms. The Labute approximate surface area is 165 Å². The van der Waals surface area contributed by atoms with Crippen LogP contribution in [0, 0.1) is 0 Å². The maximum absolute atomic E-state index is 12.8. The largest absolute Gasteiger partial charge is 0.336 e. The van der Waals surface area contributed by atoms with Crippen molar-refractivity contribution in [2.45, 2.75) is 37.8 Å². The van der Waals surface area contributed by atoms with Gasteiger partial charge in [-0.2, -0.15) is 0 Å². The van der Waals surface area contributed by atoms with Gasteiger partial charge in [-0.1, -0.05) is 18.2 Å². The third kappa shape index (κ3) is 2.86. The lowest BCUT2D eigenvalue weighted by atomic mass is 9.82. The van der Waals surface area contributed by atoms with Crippen LogP contribution in [-0.2, 0) is 6.42 Å². The standard InChI is InChI=1S/C21H28N4OS/c1-5-24(6-2)21(26)22-25-17-11-7-9-15-14-10-8-12-23(3)18(14)13-16(19(15)17)20(25)27-4/h7,9-11,18H,5-6,8,12-13H2,1-4H3,(H,22,26)/t18-/m1/s1. The molecule has 1 atom stereocenters. The SMILES string of the molecule is CCN(CC)C(=O)Nn1c(SC)c2c3c(cccc31)C1=CCCN(C)[C@@H]1C2. The number of nitrogens with zero attached hydrogens (tertiary/aromatic N) is 3. The molecular formula is C21H28N4OS. The Morgan fingerprint density at radius 1 is 1.33 bits per heavy atom. The van der Waals surface area contributed by atoms with Crippen molar-refractivity contribution in [3.63, 3.8) is 0 Å². The average Bonchev–Trinajstić information content (AvgIpc) is 2.98. The van der Waals surface area contributed by atoms with E-state index in [9.17, 15) is 4.79 Å². The summed E-state index contributed by atoms with van der Waals surface area (Å²) >= 11 is 1.72. The molecule has 0 unspecified atom stereocenters. The maximum atomic E-state index is 12.8. The molecule has 27 heavy (non-hydrogen) atoms. The predicted molar refractivity (Wildman–Crippen MR) is 114 cm³/mol. The summed E-state index contributed by atoms with van der Waals surface area (Å²) in [6.07, 6.45) is 6.61. The van der Waals surface area contributed by atoms with Crippen LogP contribution in [0.5, 0.6) is 0 Å². The van der Waals surface area contributed by atoms with Crippen LogP contribution in [0.2, 0.25) is 0 Å². The molecule has 0 radical (unpaired) electrons. The summed E-state index contributed by atoms with van der Waals surface area (Å²) in [5.41, 5.74) is 8.40. The first-order valence-corrected chi connectivity index (χ1v) is 11.0. The van der Waals surface area contributed by atoms with E-state index in [1.807, 2.05) is 23.4 Å². The van der Waals surface area contributed by atoms with Crippen LogP contribution >= 0.6 is 11.8 Å². The molecule has 1 N–H and O–H groups in total. The number of hydrogen-bond acceptors (Lipinski definition) is 3. The summed E-state index contributed by atoms with van der Waals surface area (Å²) < 4.78 is 2.01. The molecule has 0 bridgehead atoms. The van der Waals surface area contributed by atoms with Crippen LogP contribution in [0.3, 0.4) is 0 Å². The second-order valence-corrected chi connectivity index (χ2v) is 8.06. The van der Waals surface area contributed by atoms with E-state index >= 15 is 0 Å². The molecule has 2 amide bonds. The first kappa shape index (κ1) is 18.4. The topological polar surface area (TPSA) is 40.5 Å². The third-order valence-electron chi connectivity index (χ3n) is 5.94. The highest BCUT2D eigenvalue weighted by atomic mass is 32.2. The van der Waals surface area contributed by atoms with Crippen LogP contribution in [-0.4, -0.2) is 59.5 Å². The van der Waals surface area contributed by atoms with Gasteiger partial charge in [0.2, 0.25) is 0 Å². The van der Waals surface area contributed by atoms with Crippen molar-refractivity contribution in [1.82, 2.24) is 14.5 Å². The van der Waals surface area contributed by atoms with Gasteiger partial charge < -0.3 is 4.90 Å². The summed E-state index contributed by atoms with van der Waals surface area (Å²) in [5.74, 6) is 0. The van der Waals surface area contributed by atoms with Gasteiger partial charge in [0, 0.05) is 31.1 Å². The molecule has 2 aromatic rings. The molecule has 0 fully saturated rings. The Morgan fingerprint density at radius 2 is 2.11 bits per heavy atom. The molecule has 0 saturated heterocycles. The van der Waals surface area contributed by atoms with Gasteiger partial charge in [-0.05, 0) is 62.8 Å². The zero-order chi connectivity index (χ0) is 19.1. The van der Waals surface area contributed by atoms with Crippen LogP contribution in [0.4, 0.5) is 4.79 Å². The minimum Gasteiger partial charge on any atom is -0.324 e. The number of amides is 2. The van der Waals surface area contributed by atoms with E-state index in [-0.39, 0.29) is 6.03 Å². The molecule has 2 aliphatic rings. The van der Waals surface area contributed by atoms with Gasteiger partial charge in [0.05, 0.1) is 10.5 Å². The Hall–Kier alpha value is -1.92. The quantitative estimate of drug-likeness (QED) is 0.810. The monoisotopic (exact) mass is 384 g/mol. The Kier molecular flexibility index (Phi) is 4.95. The molecular weight excluding hydrogens is 356 g/mol. The highest BCUT2D eigenvalue weighted by Crippen LogP contribution is 2.44. The fraction of sp³-hybridized carbons (Fsp3) is 0.476. The van der Waals surface area contributed by atoms with Gasteiger partial charge in [-0.3, -0.25) is 4.90 Å². The first-order chi connectivity index (χ1) is 13.1. The van der Waals surface area contributed by atoms with Gasteiger partial charge >= 0.3 is 6.03 Å². The van der Waals surface area contributed by atoms with Gasteiger partial charge in [0.15, 0.2) is 0 Å². The number of fused-ring (bicyclic) bond motifs is 2. The number of benzene rings is 1. The van der Waals surface area contributed by atoms with Crippen LogP contribution in [0.25, 0.3) is 16.5 Å². The number of hydrogen-bond donors (Lipinski definition) is 1. The molecule has 4 rings (SSSR count). The normalized spacial score (nSPS) is 19.0. The molecule has 0 saturated carbocycles. The Bertz CT molecular complexity index is 913. The highest BCUT2D eigenvalue weighted by molar-refractivity contribution is 7.98. The fourth-order valence-corrected chi connectivity index (χ4v) is 5.29. The van der Waals surface area contributed by atoms with Crippen LogP contribution in [0.15, 0.2) is 29.3 Å². The fourth-order valence-electron chi connectivity index (χ4n) is 4.53. The molecule has 1 aliphatic heterocycles.